The summed E-state index contributed by atoms with van der Waals surface area (Å²) < 4.78 is 0. The lowest BCUT2D eigenvalue weighted by Crippen LogP contribution is -1.98. The molecule has 0 bridgehead atoms. The number of halogens is 1. The summed E-state index contributed by atoms with van der Waals surface area (Å²) >= 11 is 5.86. The zero-order valence-corrected chi connectivity index (χ0v) is 11.2. The van der Waals surface area contributed by atoms with E-state index in [4.69, 9.17) is 16.4 Å². The molecular formula is C16H12ClNO. The zero-order chi connectivity index (χ0) is 13.5. The molecule has 0 aliphatic rings. The average molecular weight is 270 g/mol. The summed E-state index contributed by atoms with van der Waals surface area (Å²) in [4.78, 5) is 4.83. The molecule has 0 aliphatic carbocycles. The molecule has 0 unspecified atom stereocenters. The van der Waals surface area contributed by atoms with Crippen molar-refractivity contribution in [2.75, 3.05) is 7.11 Å². The fraction of sp³-hybridized carbons (Fsp3) is 0.0625. The van der Waals surface area contributed by atoms with Crippen molar-refractivity contribution < 1.29 is 4.84 Å². The molecule has 2 aromatic rings. The normalized spacial score (nSPS) is 10.5. The van der Waals surface area contributed by atoms with Crippen molar-refractivity contribution >= 4 is 17.3 Å². The van der Waals surface area contributed by atoms with Crippen LogP contribution in [-0.2, 0) is 4.84 Å². The summed E-state index contributed by atoms with van der Waals surface area (Å²) in [5.41, 5.74) is 2.37. The molecule has 2 nitrogen and oxygen atoms in total. The van der Waals surface area contributed by atoms with Gasteiger partial charge in [0, 0.05) is 16.1 Å². The van der Waals surface area contributed by atoms with Gasteiger partial charge in [0.05, 0.1) is 0 Å². The molecule has 0 aliphatic heterocycles. The predicted molar refractivity (Wildman–Crippen MR) is 78.3 cm³/mol. The number of benzene rings is 2. The fourth-order valence-electron chi connectivity index (χ4n) is 1.50. The number of hydrogen-bond acceptors (Lipinski definition) is 2. The van der Waals surface area contributed by atoms with Gasteiger partial charge in [0.2, 0.25) is 0 Å². The smallest absolute Gasteiger partial charge is 0.160 e. The largest absolute Gasteiger partial charge is 0.398 e. The van der Waals surface area contributed by atoms with E-state index in [0.29, 0.717) is 10.7 Å². The molecule has 2 aromatic carbocycles. The molecule has 0 aromatic heterocycles. The first kappa shape index (κ1) is 13.2. The monoisotopic (exact) mass is 269 g/mol. The van der Waals surface area contributed by atoms with Crippen LogP contribution in [0.25, 0.3) is 0 Å². The Labute approximate surface area is 117 Å². The van der Waals surface area contributed by atoms with E-state index in [9.17, 15) is 0 Å². The standard InChI is InChI=1S/C16H12ClNO/c1-19-18-16(14-8-10-15(17)11-9-14)12-7-13-5-3-2-4-6-13/h2-6,8-11H,1H3/b18-16+. The summed E-state index contributed by atoms with van der Waals surface area (Å²) in [6.07, 6.45) is 0. The van der Waals surface area contributed by atoms with Gasteiger partial charge < -0.3 is 4.84 Å². The molecule has 0 radical (unpaired) electrons. The van der Waals surface area contributed by atoms with Gasteiger partial charge in [-0.1, -0.05) is 53.0 Å². The highest BCUT2D eigenvalue weighted by Crippen LogP contribution is 2.10. The van der Waals surface area contributed by atoms with Crippen molar-refractivity contribution in [2.24, 2.45) is 5.16 Å². The summed E-state index contributed by atoms with van der Waals surface area (Å²) in [5.74, 6) is 6.05. The second kappa shape index (κ2) is 6.63. The van der Waals surface area contributed by atoms with Crippen LogP contribution in [0.3, 0.4) is 0 Å². The molecule has 19 heavy (non-hydrogen) atoms. The zero-order valence-electron chi connectivity index (χ0n) is 10.4. The molecule has 2 rings (SSSR count). The lowest BCUT2D eigenvalue weighted by molar-refractivity contribution is 0.214. The summed E-state index contributed by atoms with van der Waals surface area (Å²) in [5, 5.41) is 4.62. The Balaban J connectivity index is 2.30. The van der Waals surface area contributed by atoms with E-state index >= 15 is 0 Å². The molecule has 3 heteroatoms. The van der Waals surface area contributed by atoms with E-state index in [1.54, 1.807) is 12.1 Å². The number of rotatable bonds is 2. The van der Waals surface area contributed by atoms with Crippen molar-refractivity contribution in [1.82, 2.24) is 0 Å². The predicted octanol–water partition coefficient (Wildman–Crippen LogP) is 3.74. The van der Waals surface area contributed by atoms with E-state index in [1.165, 1.54) is 7.11 Å². The topological polar surface area (TPSA) is 21.6 Å². The number of oxime groups is 1. The third-order valence-electron chi connectivity index (χ3n) is 2.40. The van der Waals surface area contributed by atoms with Crippen LogP contribution in [0, 0.1) is 11.8 Å². The summed E-state index contributed by atoms with van der Waals surface area (Å²) in [7, 11) is 1.50. The van der Waals surface area contributed by atoms with Crippen molar-refractivity contribution in [3.05, 3.63) is 70.7 Å². The third-order valence-corrected chi connectivity index (χ3v) is 2.65. The van der Waals surface area contributed by atoms with Crippen LogP contribution < -0.4 is 0 Å². The van der Waals surface area contributed by atoms with Crippen molar-refractivity contribution in [2.45, 2.75) is 0 Å². The first-order valence-electron chi connectivity index (χ1n) is 5.74. The minimum atomic E-state index is 0.572. The average Bonchev–Trinajstić information content (AvgIpc) is 2.46. The van der Waals surface area contributed by atoms with E-state index in [1.807, 2.05) is 42.5 Å². The van der Waals surface area contributed by atoms with Crippen LogP contribution in [-0.4, -0.2) is 12.8 Å². The lowest BCUT2D eigenvalue weighted by atomic mass is 10.1. The molecule has 0 saturated carbocycles. The van der Waals surface area contributed by atoms with Gasteiger partial charge in [-0.15, -0.1) is 0 Å². The van der Waals surface area contributed by atoms with Crippen molar-refractivity contribution in [3.63, 3.8) is 0 Å². The van der Waals surface area contributed by atoms with E-state index in [0.717, 1.165) is 11.1 Å². The SMILES string of the molecule is CO/N=C(\C#Cc1ccccc1)c1ccc(Cl)cc1. The van der Waals surface area contributed by atoms with Crippen LogP contribution in [0.2, 0.25) is 5.02 Å². The molecule has 0 saturated heterocycles. The highest BCUT2D eigenvalue weighted by molar-refractivity contribution is 6.30. The van der Waals surface area contributed by atoms with Gasteiger partial charge in [0.1, 0.15) is 7.11 Å². The Morgan fingerprint density at radius 1 is 1.05 bits per heavy atom. The maximum Gasteiger partial charge on any atom is 0.160 e. The second-order valence-corrected chi connectivity index (χ2v) is 4.18. The van der Waals surface area contributed by atoms with Crippen LogP contribution in [0.5, 0.6) is 0 Å². The molecule has 0 heterocycles. The molecule has 0 spiro atoms. The van der Waals surface area contributed by atoms with Gasteiger partial charge >= 0.3 is 0 Å². The van der Waals surface area contributed by atoms with Crippen LogP contribution in [0.15, 0.2) is 59.8 Å². The van der Waals surface area contributed by atoms with E-state index < -0.39 is 0 Å². The maximum atomic E-state index is 5.86. The van der Waals surface area contributed by atoms with Gasteiger partial charge in [-0.3, -0.25) is 0 Å². The lowest BCUT2D eigenvalue weighted by Gasteiger charge is -1.98. The van der Waals surface area contributed by atoms with Crippen LogP contribution in [0.4, 0.5) is 0 Å². The maximum absolute atomic E-state index is 5.86. The summed E-state index contributed by atoms with van der Waals surface area (Å²) in [6, 6.07) is 17.0. The third kappa shape index (κ3) is 3.87. The Morgan fingerprint density at radius 3 is 2.37 bits per heavy atom. The van der Waals surface area contributed by atoms with E-state index in [-0.39, 0.29) is 0 Å². The fourth-order valence-corrected chi connectivity index (χ4v) is 1.63. The highest BCUT2D eigenvalue weighted by Gasteiger charge is 2.00. The highest BCUT2D eigenvalue weighted by atomic mass is 35.5. The molecule has 0 N–H and O–H groups in total. The minimum absolute atomic E-state index is 0.572. The first-order chi connectivity index (χ1) is 9.29. The Bertz CT molecular complexity index is 621. The quantitative estimate of drug-likeness (QED) is 0.462. The molecule has 0 atom stereocenters. The van der Waals surface area contributed by atoms with Crippen molar-refractivity contribution in [1.29, 1.82) is 0 Å². The van der Waals surface area contributed by atoms with E-state index in [2.05, 4.69) is 17.0 Å². The number of nitrogens with zero attached hydrogens (tertiary/aromatic N) is 1. The molecule has 0 amide bonds. The van der Waals surface area contributed by atoms with Crippen LogP contribution in [0.1, 0.15) is 11.1 Å². The second-order valence-electron chi connectivity index (χ2n) is 3.75. The van der Waals surface area contributed by atoms with Gasteiger partial charge in [-0.05, 0) is 30.2 Å². The van der Waals surface area contributed by atoms with Crippen LogP contribution >= 0.6 is 11.6 Å². The first-order valence-corrected chi connectivity index (χ1v) is 6.11. The Kier molecular flexibility index (Phi) is 4.60. The molecule has 0 fully saturated rings. The van der Waals surface area contributed by atoms with Gasteiger partial charge in [-0.2, -0.15) is 0 Å². The Hall–Kier alpha value is -2.24. The van der Waals surface area contributed by atoms with Gasteiger partial charge in [0.25, 0.3) is 0 Å². The summed E-state index contributed by atoms with van der Waals surface area (Å²) in [6.45, 7) is 0. The van der Waals surface area contributed by atoms with Crippen molar-refractivity contribution in [3.8, 4) is 11.8 Å². The Morgan fingerprint density at radius 2 is 1.74 bits per heavy atom. The van der Waals surface area contributed by atoms with Gasteiger partial charge in [-0.25, -0.2) is 0 Å². The van der Waals surface area contributed by atoms with Gasteiger partial charge in [0.15, 0.2) is 5.71 Å². The molecule has 94 valence electrons. The minimum Gasteiger partial charge on any atom is -0.398 e. The molecular weight excluding hydrogens is 258 g/mol. The number of hydrogen-bond donors (Lipinski definition) is 0.